The van der Waals surface area contributed by atoms with Crippen LogP contribution in [0.3, 0.4) is 0 Å². The van der Waals surface area contributed by atoms with Crippen LogP contribution in [0.25, 0.3) is 0 Å². The van der Waals surface area contributed by atoms with E-state index in [0.717, 1.165) is 30.0 Å². The maximum atomic E-state index is 9.68. The lowest BCUT2D eigenvalue weighted by atomic mass is 10.2. The summed E-state index contributed by atoms with van der Waals surface area (Å²) >= 11 is 0. The number of ether oxygens (including phenoxy) is 1. The van der Waals surface area contributed by atoms with Crippen LogP contribution < -0.4 is 9.64 Å². The first-order valence-electron chi connectivity index (χ1n) is 7.83. The van der Waals surface area contributed by atoms with Gasteiger partial charge in [0.15, 0.2) is 0 Å². The summed E-state index contributed by atoms with van der Waals surface area (Å²) in [6.45, 7) is 6.04. The van der Waals surface area contributed by atoms with Gasteiger partial charge in [-0.3, -0.25) is 0 Å². The van der Waals surface area contributed by atoms with Crippen molar-refractivity contribution in [1.29, 1.82) is 0 Å². The van der Waals surface area contributed by atoms with Crippen molar-refractivity contribution >= 4 is 5.69 Å². The summed E-state index contributed by atoms with van der Waals surface area (Å²) in [7, 11) is 0. The summed E-state index contributed by atoms with van der Waals surface area (Å²) in [6, 6.07) is 18.3. The summed E-state index contributed by atoms with van der Waals surface area (Å²) in [6.07, 6.45) is 0.563. The highest BCUT2D eigenvalue weighted by Gasteiger charge is 2.09. The van der Waals surface area contributed by atoms with E-state index in [9.17, 15) is 5.11 Å². The van der Waals surface area contributed by atoms with Crippen LogP contribution >= 0.6 is 0 Å². The van der Waals surface area contributed by atoms with Crippen molar-refractivity contribution in [3.8, 4) is 5.75 Å². The molecule has 1 N–H and O–H groups in total. The third kappa shape index (κ3) is 5.08. The Morgan fingerprint density at radius 3 is 2.41 bits per heavy atom. The molecule has 0 saturated carbocycles. The van der Waals surface area contributed by atoms with Gasteiger partial charge in [-0.1, -0.05) is 36.4 Å². The topological polar surface area (TPSA) is 32.7 Å². The molecule has 118 valence electrons. The van der Waals surface area contributed by atoms with Crippen molar-refractivity contribution in [2.24, 2.45) is 0 Å². The molecule has 0 radical (unpaired) electrons. The van der Waals surface area contributed by atoms with Gasteiger partial charge in [0, 0.05) is 18.8 Å². The minimum Gasteiger partial charge on any atom is -0.493 e. The van der Waals surface area contributed by atoms with Crippen molar-refractivity contribution in [3.63, 3.8) is 0 Å². The lowest BCUT2D eigenvalue weighted by Gasteiger charge is -2.26. The molecule has 0 heterocycles. The average molecular weight is 299 g/mol. The molecule has 0 saturated heterocycles. The molecule has 0 fully saturated rings. The van der Waals surface area contributed by atoms with Crippen LogP contribution in [0.2, 0.25) is 0 Å². The molecule has 0 bridgehead atoms. The molecule has 0 aliphatic rings. The van der Waals surface area contributed by atoms with Gasteiger partial charge in [0.2, 0.25) is 0 Å². The minimum atomic E-state index is -0.350. The van der Waals surface area contributed by atoms with Gasteiger partial charge in [-0.15, -0.1) is 0 Å². The lowest BCUT2D eigenvalue weighted by Crippen LogP contribution is -2.32. The van der Waals surface area contributed by atoms with E-state index in [-0.39, 0.29) is 6.10 Å². The van der Waals surface area contributed by atoms with E-state index in [4.69, 9.17) is 4.74 Å². The van der Waals surface area contributed by atoms with Gasteiger partial charge in [-0.25, -0.2) is 0 Å². The number of aliphatic hydroxyl groups excluding tert-OH is 1. The maximum absolute atomic E-state index is 9.68. The van der Waals surface area contributed by atoms with Crippen LogP contribution in [0.4, 0.5) is 5.69 Å². The fraction of sp³-hybridized carbons (Fsp3) is 0.368. The van der Waals surface area contributed by atoms with Gasteiger partial charge < -0.3 is 14.7 Å². The van der Waals surface area contributed by atoms with E-state index in [1.54, 1.807) is 0 Å². The predicted molar refractivity (Wildman–Crippen MR) is 91.6 cm³/mol. The molecule has 0 amide bonds. The Morgan fingerprint density at radius 1 is 1.05 bits per heavy atom. The molecule has 2 aromatic carbocycles. The molecule has 0 aliphatic heterocycles. The summed E-state index contributed by atoms with van der Waals surface area (Å²) in [5.41, 5.74) is 2.30. The highest BCUT2D eigenvalue weighted by Crippen LogP contribution is 2.17. The Kier molecular flexibility index (Phi) is 6.28. The molecule has 0 aliphatic carbocycles. The number of hydrogen-bond acceptors (Lipinski definition) is 3. The fourth-order valence-electron chi connectivity index (χ4n) is 2.44. The van der Waals surface area contributed by atoms with Crippen molar-refractivity contribution in [2.45, 2.75) is 26.4 Å². The second-order valence-corrected chi connectivity index (χ2v) is 5.60. The van der Waals surface area contributed by atoms with E-state index in [2.05, 4.69) is 30.0 Å². The van der Waals surface area contributed by atoms with Gasteiger partial charge in [0.1, 0.15) is 5.75 Å². The maximum Gasteiger partial charge on any atom is 0.122 e. The Morgan fingerprint density at radius 2 is 1.73 bits per heavy atom. The molecule has 2 aromatic rings. The van der Waals surface area contributed by atoms with Gasteiger partial charge in [-0.05, 0) is 44.0 Å². The highest BCUT2D eigenvalue weighted by atomic mass is 16.5. The van der Waals surface area contributed by atoms with Crippen molar-refractivity contribution in [3.05, 3.63) is 60.2 Å². The summed E-state index contributed by atoms with van der Waals surface area (Å²) in [5, 5.41) is 9.68. The van der Waals surface area contributed by atoms with Crippen LogP contribution in [-0.4, -0.2) is 30.9 Å². The molecular formula is C19H25NO2. The van der Waals surface area contributed by atoms with Gasteiger partial charge in [0.25, 0.3) is 0 Å². The molecule has 0 spiro atoms. The van der Waals surface area contributed by atoms with Crippen LogP contribution in [0.1, 0.15) is 18.9 Å². The van der Waals surface area contributed by atoms with Crippen molar-refractivity contribution in [2.75, 3.05) is 24.6 Å². The smallest absolute Gasteiger partial charge is 0.122 e. The zero-order valence-corrected chi connectivity index (χ0v) is 13.4. The Labute approximate surface area is 133 Å². The van der Waals surface area contributed by atoms with Gasteiger partial charge >= 0.3 is 0 Å². The largest absolute Gasteiger partial charge is 0.493 e. The first kappa shape index (κ1) is 16.4. The Balaban J connectivity index is 1.85. The standard InChI is InChI=1S/C19H25NO2/c1-16-9-6-7-12-19(16)22-14-8-13-20(15-17(2)21)18-10-4-3-5-11-18/h3-7,9-12,17,21H,8,13-15H2,1-2H3. The van der Waals surface area contributed by atoms with E-state index < -0.39 is 0 Å². The Hall–Kier alpha value is -2.00. The molecule has 0 aromatic heterocycles. The third-order valence-corrected chi connectivity index (χ3v) is 3.53. The summed E-state index contributed by atoms with van der Waals surface area (Å²) in [4.78, 5) is 2.20. The van der Waals surface area contributed by atoms with Crippen molar-refractivity contribution < 1.29 is 9.84 Å². The fourth-order valence-corrected chi connectivity index (χ4v) is 2.44. The number of nitrogens with zero attached hydrogens (tertiary/aromatic N) is 1. The molecule has 3 heteroatoms. The zero-order chi connectivity index (χ0) is 15.8. The number of hydrogen-bond donors (Lipinski definition) is 1. The Bertz CT molecular complexity index is 554. The van der Waals surface area contributed by atoms with Crippen LogP contribution in [0, 0.1) is 6.92 Å². The zero-order valence-electron chi connectivity index (χ0n) is 13.4. The van der Waals surface area contributed by atoms with E-state index in [1.807, 2.05) is 43.3 Å². The quantitative estimate of drug-likeness (QED) is 0.755. The first-order valence-corrected chi connectivity index (χ1v) is 7.83. The van der Waals surface area contributed by atoms with Crippen LogP contribution in [-0.2, 0) is 0 Å². The number of anilines is 1. The first-order chi connectivity index (χ1) is 10.7. The molecule has 2 rings (SSSR count). The van der Waals surface area contributed by atoms with E-state index >= 15 is 0 Å². The molecular weight excluding hydrogens is 274 g/mol. The molecule has 1 unspecified atom stereocenters. The lowest BCUT2D eigenvalue weighted by molar-refractivity contribution is 0.199. The number of aliphatic hydroxyl groups is 1. The predicted octanol–water partition coefficient (Wildman–Crippen LogP) is 3.65. The molecule has 3 nitrogen and oxygen atoms in total. The van der Waals surface area contributed by atoms with E-state index in [0.29, 0.717) is 13.2 Å². The second-order valence-electron chi connectivity index (χ2n) is 5.60. The van der Waals surface area contributed by atoms with Crippen molar-refractivity contribution in [1.82, 2.24) is 0 Å². The molecule has 22 heavy (non-hydrogen) atoms. The minimum absolute atomic E-state index is 0.350. The summed E-state index contributed by atoms with van der Waals surface area (Å²) in [5.74, 6) is 0.948. The van der Waals surface area contributed by atoms with Gasteiger partial charge in [-0.2, -0.15) is 0 Å². The second kappa shape index (κ2) is 8.44. The number of rotatable bonds is 8. The number of benzene rings is 2. The molecule has 1 atom stereocenters. The summed E-state index contributed by atoms with van der Waals surface area (Å²) < 4.78 is 5.84. The highest BCUT2D eigenvalue weighted by molar-refractivity contribution is 5.46. The SMILES string of the molecule is Cc1ccccc1OCCCN(CC(C)O)c1ccccc1. The third-order valence-electron chi connectivity index (χ3n) is 3.53. The normalized spacial score (nSPS) is 12.0. The van der Waals surface area contributed by atoms with Crippen LogP contribution in [0.5, 0.6) is 5.75 Å². The number of para-hydroxylation sites is 2. The van der Waals surface area contributed by atoms with Gasteiger partial charge in [0.05, 0.1) is 12.7 Å². The number of aryl methyl sites for hydroxylation is 1. The monoisotopic (exact) mass is 299 g/mol. The van der Waals surface area contributed by atoms with Crippen LogP contribution in [0.15, 0.2) is 54.6 Å². The average Bonchev–Trinajstić information content (AvgIpc) is 2.52. The van der Waals surface area contributed by atoms with E-state index in [1.165, 1.54) is 0 Å².